The van der Waals surface area contributed by atoms with Gasteiger partial charge in [-0.05, 0) is 55.4 Å². The van der Waals surface area contributed by atoms with Crippen LogP contribution in [-0.4, -0.2) is 0 Å². The molecule has 1 saturated carbocycles. The molecule has 1 aliphatic carbocycles. The molecule has 1 fully saturated rings. The van der Waals surface area contributed by atoms with Crippen LogP contribution in [0.3, 0.4) is 0 Å². The van der Waals surface area contributed by atoms with Gasteiger partial charge >= 0.3 is 0 Å². The Morgan fingerprint density at radius 2 is 1.90 bits per heavy atom. The number of rotatable bonds is 7. The van der Waals surface area contributed by atoms with Gasteiger partial charge in [0.25, 0.3) is 0 Å². The minimum atomic E-state index is 0.277. The van der Waals surface area contributed by atoms with E-state index in [-0.39, 0.29) is 5.41 Å². The standard InChI is InChI=1S/C21H34/c1-9-18(10-2)14-13-16(3)20(5,6)15-11-12-19-17(4)21(19,7)8/h9-10,12-13,17H,1,11,14-15H2,2-8H3. The van der Waals surface area contributed by atoms with Gasteiger partial charge in [-0.1, -0.05) is 76.6 Å². The molecule has 1 atom stereocenters. The predicted molar refractivity (Wildman–Crippen MR) is 96.4 cm³/mol. The topological polar surface area (TPSA) is 0 Å². The highest BCUT2D eigenvalue weighted by atomic mass is 14.5. The normalized spacial score (nSPS) is 24.3. The third-order valence-corrected chi connectivity index (χ3v) is 5.69. The molecule has 0 spiro atoms. The second-order valence-corrected chi connectivity index (χ2v) is 7.68. The van der Waals surface area contributed by atoms with Gasteiger partial charge in [0.1, 0.15) is 0 Å². The minimum Gasteiger partial charge on any atom is -0.0988 e. The Morgan fingerprint density at radius 1 is 1.33 bits per heavy atom. The van der Waals surface area contributed by atoms with E-state index in [0.717, 1.165) is 12.3 Å². The molecule has 0 bridgehead atoms. The molecule has 0 heteroatoms. The largest absolute Gasteiger partial charge is 0.0988 e. The summed E-state index contributed by atoms with van der Waals surface area (Å²) in [7, 11) is 0. The predicted octanol–water partition coefficient (Wildman–Crippen LogP) is 6.86. The zero-order chi connectivity index (χ0) is 16.3. The Labute approximate surface area is 132 Å². The molecule has 0 N–H and O–H groups in total. The first-order chi connectivity index (χ1) is 9.66. The second kappa shape index (κ2) is 6.81. The fourth-order valence-corrected chi connectivity index (χ4v) is 2.90. The monoisotopic (exact) mass is 286 g/mol. The van der Waals surface area contributed by atoms with Crippen LogP contribution in [0.5, 0.6) is 0 Å². The fourth-order valence-electron chi connectivity index (χ4n) is 2.90. The van der Waals surface area contributed by atoms with Crippen LogP contribution in [0.2, 0.25) is 0 Å². The first kappa shape index (κ1) is 18.0. The summed E-state index contributed by atoms with van der Waals surface area (Å²) in [6.07, 6.45) is 12.4. The van der Waals surface area contributed by atoms with E-state index in [1.807, 2.05) is 6.08 Å². The van der Waals surface area contributed by atoms with E-state index >= 15 is 0 Å². The summed E-state index contributed by atoms with van der Waals surface area (Å²) in [4.78, 5) is 0. The fraction of sp³-hybridized carbons (Fsp3) is 0.619. The van der Waals surface area contributed by atoms with Gasteiger partial charge in [0.15, 0.2) is 0 Å². The lowest BCUT2D eigenvalue weighted by Crippen LogP contribution is -2.12. The molecule has 118 valence electrons. The molecule has 0 aromatic carbocycles. The van der Waals surface area contributed by atoms with Gasteiger partial charge in [0.2, 0.25) is 0 Å². The number of hydrogen-bond donors (Lipinski definition) is 0. The third kappa shape index (κ3) is 4.46. The molecular weight excluding hydrogens is 252 g/mol. The van der Waals surface area contributed by atoms with Crippen molar-refractivity contribution in [2.75, 3.05) is 0 Å². The summed E-state index contributed by atoms with van der Waals surface area (Å²) >= 11 is 0. The van der Waals surface area contributed by atoms with Crippen molar-refractivity contribution >= 4 is 0 Å². The summed E-state index contributed by atoms with van der Waals surface area (Å²) in [5.74, 6) is 0.780. The Morgan fingerprint density at radius 3 is 2.33 bits per heavy atom. The Bertz CT molecular complexity index is 466. The summed E-state index contributed by atoms with van der Waals surface area (Å²) < 4.78 is 0. The maximum absolute atomic E-state index is 3.86. The van der Waals surface area contributed by atoms with Crippen LogP contribution in [-0.2, 0) is 0 Å². The maximum Gasteiger partial charge on any atom is -0.00787 e. The Kier molecular flexibility index (Phi) is 5.84. The van der Waals surface area contributed by atoms with Crippen molar-refractivity contribution in [3.63, 3.8) is 0 Å². The number of hydrogen-bond acceptors (Lipinski definition) is 0. The van der Waals surface area contributed by atoms with Crippen LogP contribution >= 0.6 is 0 Å². The van der Waals surface area contributed by atoms with Gasteiger partial charge in [0.05, 0.1) is 0 Å². The molecule has 1 unspecified atom stereocenters. The van der Waals surface area contributed by atoms with Gasteiger partial charge in [0, 0.05) is 0 Å². The average molecular weight is 287 g/mol. The lowest BCUT2D eigenvalue weighted by atomic mass is 9.80. The van der Waals surface area contributed by atoms with E-state index in [4.69, 9.17) is 0 Å². The van der Waals surface area contributed by atoms with Crippen molar-refractivity contribution in [1.29, 1.82) is 0 Å². The summed E-state index contributed by atoms with van der Waals surface area (Å²) in [6.45, 7) is 20.0. The van der Waals surface area contributed by atoms with Crippen molar-refractivity contribution in [1.82, 2.24) is 0 Å². The molecule has 21 heavy (non-hydrogen) atoms. The molecule has 0 saturated heterocycles. The van der Waals surface area contributed by atoms with Crippen molar-refractivity contribution in [2.24, 2.45) is 16.7 Å². The maximum atomic E-state index is 3.86. The first-order valence-corrected chi connectivity index (χ1v) is 8.32. The molecule has 0 nitrogen and oxygen atoms in total. The number of allylic oxidation sites excluding steroid dienone is 7. The molecule has 0 aromatic rings. The first-order valence-electron chi connectivity index (χ1n) is 8.32. The highest BCUT2D eigenvalue weighted by Crippen LogP contribution is 2.57. The van der Waals surface area contributed by atoms with Crippen LogP contribution in [0.15, 0.2) is 47.6 Å². The van der Waals surface area contributed by atoms with Crippen molar-refractivity contribution < 1.29 is 0 Å². The molecule has 0 aliphatic heterocycles. The van der Waals surface area contributed by atoms with Crippen molar-refractivity contribution in [3.8, 4) is 0 Å². The molecule has 0 heterocycles. The van der Waals surface area contributed by atoms with Gasteiger partial charge in [-0.3, -0.25) is 0 Å². The smallest absolute Gasteiger partial charge is 0.00787 e. The molecule has 0 radical (unpaired) electrons. The third-order valence-electron chi connectivity index (χ3n) is 5.69. The van der Waals surface area contributed by atoms with E-state index in [1.165, 1.54) is 24.0 Å². The van der Waals surface area contributed by atoms with Crippen LogP contribution in [0.4, 0.5) is 0 Å². The molecule has 1 rings (SSSR count). The van der Waals surface area contributed by atoms with Gasteiger partial charge in [-0.15, -0.1) is 0 Å². The summed E-state index contributed by atoms with van der Waals surface area (Å²) in [6, 6.07) is 0. The van der Waals surface area contributed by atoms with Crippen LogP contribution in [0.1, 0.15) is 67.7 Å². The Balaban J connectivity index is 2.57. The SMILES string of the molecule is C=CC(=CC)CC=C(C)C(C)(C)CCC=C1C(C)C1(C)C. The van der Waals surface area contributed by atoms with E-state index in [0.29, 0.717) is 5.41 Å². The van der Waals surface area contributed by atoms with Gasteiger partial charge in [-0.25, -0.2) is 0 Å². The molecular formula is C21H34. The summed E-state index contributed by atoms with van der Waals surface area (Å²) in [5, 5.41) is 0. The molecule has 1 aliphatic rings. The van der Waals surface area contributed by atoms with E-state index < -0.39 is 0 Å². The Hall–Kier alpha value is -1.04. The lowest BCUT2D eigenvalue weighted by molar-refractivity contribution is 0.410. The van der Waals surface area contributed by atoms with Crippen LogP contribution < -0.4 is 0 Å². The van der Waals surface area contributed by atoms with Crippen LogP contribution in [0.25, 0.3) is 0 Å². The summed E-state index contributed by atoms with van der Waals surface area (Å²) in [5.41, 5.74) is 5.19. The van der Waals surface area contributed by atoms with E-state index in [1.54, 1.807) is 5.57 Å². The van der Waals surface area contributed by atoms with E-state index in [9.17, 15) is 0 Å². The molecule has 0 amide bonds. The second-order valence-electron chi connectivity index (χ2n) is 7.68. The average Bonchev–Trinajstić information content (AvgIpc) is 2.89. The van der Waals surface area contributed by atoms with Crippen molar-refractivity contribution in [2.45, 2.75) is 67.7 Å². The van der Waals surface area contributed by atoms with Gasteiger partial charge in [-0.2, -0.15) is 0 Å². The van der Waals surface area contributed by atoms with Crippen molar-refractivity contribution in [3.05, 3.63) is 47.6 Å². The zero-order valence-electron chi connectivity index (χ0n) is 15.2. The highest BCUT2D eigenvalue weighted by molar-refractivity contribution is 5.34. The van der Waals surface area contributed by atoms with Crippen LogP contribution in [0, 0.1) is 16.7 Å². The quantitative estimate of drug-likeness (QED) is 0.354. The highest BCUT2D eigenvalue weighted by Gasteiger charge is 2.47. The lowest BCUT2D eigenvalue weighted by Gasteiger charge is -2.25. The zero-order valence-corrected chi connectivity index (χ0v) is 15.2. The van der Waals surface area contributed by atoms with Gasteiger partial charge < -0.3 is 0 Å². The molecule has 0 aromatic heterocycles. The van der Waals surface area contributed by atoms with E-state index in [2.05, 4.69) is 73.3 Å². The minimum absolute atomic E-state index is 0.277.